The fourth-order valence-electron chi connectivity index (χ4n) is 5.94. The molecule has 0 aromatic heterocycles. The molecule has 2 aromatic rings. The van der Waals surface area contributed by atoms with Crippen LogP contribution in [0.5, 0.6) is 0 Å². The predicted octanol–water partition coefficient (Wildman–Crippen LogP) is 4.61. The molecule has 0 bridgehead atoms. The van der Waals surface area contributed by atoms with Crippen molar-refractivity contribution in [1.29, 1.82) is 5.26 Å². The predicted molar refractivity (Wildman–Crippen MR) is 132 cm³/mol. The molecule has 1 saturated carbocycles. The van der Waals surface area contributed by atoms with E-state index in [0.29, 0.717) is 5.91 Å². The number of anilines is 2. The van der Waals surface area contributed by atoms with E-state index in [0.717, 1.165) is 75.3 Å². The highest BCUT2D eigenvalue weighted by Gasteiger charge is 2.36. The molecule has 1 atom stereocenters. The molecule has 2 fully saturated rings. The Balaban J connectivity index is 1.29. The molecule has 1 aliphatic carbocycles. The Morgan fingerprint density at radius 1 is 0.879 bits per heavy atom. The summed E-state index contributed by atoms with van der Waals surface area (Å²) < 4.78 is 0. The van der Waals surface area contributed by atoms with Crippen LogP contribution in [0.25, 0.3) is 0 Å². The minimum absolute atomic E-state index is 0.187. The van der Waals surface area contributed by atoms with Crippen molar-refractivity contribution >= 4 is 17.3 Å². The number of amides is 1. The van der Waals surface area contributed by atoms with Crippen molar-refractivity contribution in [2.75, 3.05) is 42.5 Å². The van der Waals surface area contributed by atoms with Gasteiger partial charge in [-0.25, -0.2) is 0 Å². The third-order valence-corrected chi connectivity index (χ3v) is 7.76. The molecule has 0 N–H and O–H groups in total. The summed E-state index contributed by atoms with van der Waals surface area (Å²) in [5.41, 5.74) is 4.25. The SMILES string of the molecule is N#Cc1ccccc1N1CCN(CC2CCc3ccccc3N2C(=O)C2CCCCC2)CC1. The zero-order valence-corrected chi connectivity index (χ0v) is 19.5. The van der Waals surface area contributed by atoms with E-state index in [1.54, 1.807) is 0 Å². The summed E-state index contributed by atoms with van der Waals surface area (Å²) in [4.78, 5) is 20.8. The minimum atomic E-state index is 0.187. The largest absolute Gasteiger partial charge is 0.368 e. The Kier molecular flexibility index (Phi) is 6.64. The summed E-state index contributed by atoms with van der Waals surface area (Å²) in [5.74, 6) is 0.542. The molecule has 1 unspecified atom stereocenters. The van der Waals surface area contributed by atoms with Gasteiger partial charge >= 0.3 is 0 Å². The van der Waals surface area contributed by atoms with Crippen molar-refractivity contribution in [3.8, 4) is 6.07 Å². The number of carbonyl (C=O) groups is 1. The van der Waals surface area contributed by atoms with Crippen LogP contribution in [0.4, 0.5) is 11.4 Å². The lowest BCUT2D eigenvalue weighted by Gasteiger charge is -2.43. The maximum absolute atomic E-state index is 13.7. The van der Waals surface area contributed by atoms with E-state index in [2.05, 4.69) is 51.1 Å². The average molecular weight is 443 g/mol. The van der Waals surface area contributed by atoms with Gasteiger partial charge in [0, 0.05) is 50.4 Å². The molecule has 5 heteroatoms. The maximum Gasteiger partial charge on any atom is 0.230 e. The standard InChI is InChI=1S/C28H34N4O/c29-20-24-11-5-6-12-26(24)31-18-16-30(17-19-31)21-25-15-14-22-8-4-7-13-27(22)32(25)28(33)23-9-2-1-3-10-23/h4-8,11-13,23,25H,1-3,9-10,14-19,21H2. The number of para-hydroxylation sites is 2. The van der Waals surface area contributed by atoms with Gasteiger partial charge in [0.25, 0.3) is 0 Å². The van der Waals surface area contributed by atoms with Crippen molar-refractivity contribution in [3.05, 3.63) is 59.7 Å². The normalized spacial score (nSPS) is 22.0. The molecule has 172 valence electrons. The minimum Gasteiger partial charge on any atom is -0.368 e. The van der Waals surface area contributed by atoms with Gasteiger partial charge in [0.15, 0.2) is 0 Å². The highest BCUT2D eigenvalue weighted by molar-refractivity contribution is 5.97. The lowest BCUT2D eigenvalue weighted by molar-refractivity contribution is -0.124. The van der Waals surface area contributed by atoms with Gasteiger partial charge in [-0.2, -0.15) is 5.26 Å². The average Bonchev–Trinajstić information content (AvgIpc) is 2.89. The Morgan fingerprint density at radius 3 is 2.33 bits per heavy atom. The van der Waals surface area contributed by atoms with E-state index >= 15 is 0 Å². The number of nitriles is 1. The number of rotatable bonds is 4. The second-order valence-corrected chi connectivity index (χ2v) is 9.78. The van der Waals surface area contributed by atoms with Crippen LogP contribution < -0.4 is 9.80 Å². The summed E-state index contributed by atoms with van der Waals surface area (Å²) in [6.45, 7) is 4.68. The van der Waals surface area contributed by atoms with Gasteiger partial charge in [-0.3, -0.25) is 9.69 Å². The van der Waals surface area contributed by atoms with Crippen LogP contribution in [0.3, 0.4) is 0 Å². The van der Waals surface area contributed by atoms with Crippen molar-refractivity contribution in [3.63, 3.8) is 0 Å². The van der Waals surface area contributed by atoms with Gasteiger partial charge in [0.2, 0.25) is 5.91 Å². The van der Waals surface area contributed by atoms with E-state index in [4.69, 9.17) is 0 Å². The number of carbonyl (C=O) groups excluding carboxylic acids is 1. The smallest absolute Gasteiger partial charge is 0.230 e. The summed E-state index contributed by atoms with van der Waals surface area (Å²) in [6.07, 6.45) is 7.80. The Hall–Kier alpha value is -2.84. The highest BCUT2D eigenvalue weighted by Crippen LogP contribution is 2.35. The van der Waals surface area contributed by atoms with E-state index in [1.165, 1.54) is 24.8 Å². The number of hydrogen-bond donors (Lipinski definition) is 0. The van der Waals surface area contributed by atoms with Crippen molar-refractivity contribution in [1.82, 2.24) is 4.90 Å². The van der Waals surface area contributed by atoms with Gasteiger partial charge in [-0.1, -0.05) is 49.6 Å². The quantitative estimate of drug-likeness (QED) is 0.694. The summed E-state index contributed by atoms with van der Waals surface area (Å²) in [6, 6.07) is 19.0. The van der Waals surface area contributed by atoms with Crippen LogP contribution in [0.2, 0.25) is 0 Å². The molecule has 5 nitrogen and oxygen atoms in total. The molecular formula is C28H34N4O. The second kappa shape index (κ2) is 9.97. The first-order chi connectivity index (χ1) is 16.2. The van der Waals surface area contributed by atoms with Crippen LogP contribution in [0, 0.1) is 17.2 Å². The zero-order chi connectivity index (χ0) is 22.6. The molecule has 3 aliphatic rings. The number of piperazine rings is 1. The van der Waals surface area contributed by atoms with Crippen molar-refractivity contribution < 1.29 is 4.79 Å². The fourth-order valence-corrected chi connectivity index (χ4v) is 5.94. The number of benzene rings is 2. The third-order valence-electron chi connectivity index (χ3n) is 7.76. The molecule has 2 aliphatic heterocycles. The van der Waals surface area contributed by atoms with E-state index in [1.807, 2.05) is 18.2 Å². The van der Waals surface area contributed by atoms with Crippen LogP contribution >= 0.6 is 0 Å². The van der Waals surface area contributed by atoms with Crippen LogP contribution in [-0.4, -0.2) is 49.6 Å². The van der Waals surface area contributed by atoms with Crippen LogP contribution in [-0.2, 0) is 11.2 Å². The lowest BCUT2D eigenvalue weighted by Crippen LogP contribution is -2.55. The Bertz CT molecular complexity index is 1010. The van der Waals surface area contributed by atoms with Crippen LogP contribution in [0.1, 0.15) is 49.7 Å². The van der Waals surface area contributed by atoms with E-state index in [-0.39, 0.29) is 12.0 Å². The first-order valence-corrected chi connectivity index (χ1v) is 12.6. The first kappa shape index (κ1) is 22.0. The molecule has 2 heterocycles. The first-order valence-electron chi connectivity index (χ1n) is 12.6. The van der Waals surface area contributed by atoms with E-state index < -0.39 is 0 Å². The molecule has 5 rings (SSSR count). The summed E-state index contributed by atoms with van der Waals surface area (Å²) >= 11 is 0. The number of fused-ring (bicyclic) bond motifs is 1. The second-order valence-electron chi connectivity index (χ2n) is 9.78. The Morgan fingerprint density at radius 2 is 1.58 bits per heavy atom. The number of nitrogens with zero attached hydrogens (tertiary/aromatic N) is 4. The van der Waals surface area contributed by atoms with Gasteiger partial charge in [0.1, 0.15) is 6.07 Å². The van der Waals surface area contributed by atoms with Crippen molar-refractivity contribution in [2.24, 2.45) is 5.92 Å². The maximum atomic E-state index is 13.7. The van der Waals surface area contributed by atoms with Gasteiger partial charge in [-0.05, 0) is 49.4 Å². The topological polar surface area (TPSA) is 50.6 Å². The number of aryl methyl sites for hydroxylation is 1. The molecule has 0 spiro atoms. The van der Waals surface area contributed by atoms with Crippen LogP contribution in [0.15, 0.2) is 48.5 Å². The highest BCUT2D eigenvalue weighted by atomic mass is 16.2. The molecule has 1 amide bonds. The molecule has 2 aromatic carbocycles. The number of hydrogen-bond acceptors (Lipinski definition) is 4. The fraction of sp³-hybridized carbons (Fsp3) is 0.500. The third kappa shape index (κ3) is 4.63. The lowest BCUT2D eigenvalue weighted by atomic mass is 9.86. The van der Waals surface area contributed by atoms with Gasteiger partial charge in [0.05, 0.1) is 11.3 Å². The molecule has 0 radical (unpaired) electrons. The summed E-state index contributed by atoms with van der Waals surface area (Å²) in [7, 11) is 0. The van der Waals surface area contributed by atoms with Gasteiger partial charge < -0.3 is 9.80 Å². The zero-order valence-electron chi connectivity index (χ0n) is 19.5. The molecule has 1 saturated heterocycles. The summed E-state index contributed by atoms with van der Waals surface area (Å²) in [5, 5.41) is 9.46. The van der Waals surface area contributed by atoms with Gasteiger partial charge in [-0.15, -0.1) is 0 Å². The molecule has 33 heavy (non-hydrogen) atoms. The van der Waals surface area contributed by atoms with E-state index in [9.17, 15) is 10.1 Å². The van der Waals surface area contributed by atoms with Crippen molar-refractivity contribution in [2.45, 2.75) is 51.0 Å². The molecular weight excluding hydrogens is 408 g/mol. The Labute approximate surface area is 197 Å². The monoisotopic (exact) mass is 442 g/mol.